The van der Waals surface area contributed by atoms with Gasteiger partial charge in [-0.25, -0.2) is 0 Å². The molecule has 4 rings (SSSR count). The number of anilines is 2. The van der Waals surface area contributed by atoms with Crippen molar-refractivity contribution in [1.82, 2.24) is 15.2 Å². The lowest BCUT2D eigenvalue weighted by molar-refractivity contribution is 0.101. The van der Waals surface area contributed by atoms with E-state index in [4.69, 9.17) is 0 Å². The van der Waals surface area contributed by atoms with Crippen LogP contribution in [0, 0.1) is 5.92 Å². The van der Waals surface area contributed by atoms with Gasteiger partial charge in [-0.3, -0.25) is 19.5 Å². The third kappa shape index (κ3) is 4.35. The summed E-state index contributed by atoms with van der Waals surface area (Å²) < 4.78 is 0. The zero-order chi connectivity index (χ0) is 19.5. The van der Waals surface area contributed by atoms with Crippen molar-refractivity contribution in [2.24, 2.45) is 5.92 Å². The molecular formula is C20H19N5O3. The fourth-order valence-electron chi connectivity index (χ4n) is 2.81. The predicted octanol–water partition coefficient (Wildman–Crippen LogP) is 2.56. The number of carbonyl (C=O) groups is 2. The van der Waals surface area contributed by atoms with Gasteiger partial charge in [-0.1, -0.05) is 0 Å². The fourth-order valence-corrected chi connectivity index (χ4v) is 2.81. The molecule has 1 fully saturated rings. The maximum Gasteiger partial charge on any atom is 0.257 e. The van der Waals surface area contributed by atoms with Gasteiger partial charge in [0.05, 0.1) is 5.56 Å². The number of hydrogen-bond donors (Lipinski definition) is 4. The molecule has 0 spiro atoms. The molecule has 2 amide bonds. The largest absolute Gasteiger partial charge is 0.328 e. The van der Waals surface area contributed by atoms with Gasteiger partial charge in [0.25, 0.3) is 11.8 Å². The van der Waals surface area contributed by atoms with Gasteiger partial charge in [-0.2, -0.15) is 5.10 Å². The molecule has 0 saturated heterocycles. The van der Waals surface area contributed by atoms with Crippen LogP contribution >= 0.6 is 0 Å². The summed E-state index contributed by atoms with van der Waals surface area (Å²) in [5.74, 6) is 0.607. The van der Waals surface area contributed by atoms with Crippen molar-refractivity contribution < 1.29 is 9.59 Å². The zero-order valence-corrected chi connectivity index (χ0v) is 15.0. The number of carbonyl (C=O) groups excluding carboxylic acids is 2. The van der Waals surface area contributed by atoms with E-state index in [1.54, 1.807) is 24.3 Å². The first-order valence-corrected chi connectivity index (χ1v) is 9.02. The zero-order valence-electron chi connectivity index (χ0n) is 15.0. The average molecular weight is 377 g/mol. The number of hydrogen-bond acceptors (Lipinski definition) is 4. The van der Waals surface area contributed by atoms with E-state index in [2.05, 4.69) is 25.8 Å². The normalized spacial score (nSPS) is 13.1. The second-order valence-corrected chi connectivity index (χ2v) is 6.85. The highest BCUT2D eigenvalue weighted by atomic mass is 16.2. The molecule has 4 N–H and O–H groups in total. The minimum atomic E-state index is -0.354. The lowest BCUT2D eigenvalue weighted by Gasteiger charge is -2.06. The number of aromatic nitrogens is 3. The summed E-state index contributed by atoms with van der Waals surface area (Å²) in [6.45, 7) is 0. The Hall–Kier alpha value is -3.68. The Morgan fingerprint density at radius 3 is 2.39 bits per heavy atom. The summed E-state index contributed by atoms with van der Waals surface area (Å²) in [5.41, 5.74) is 2.08. The standard InChI is InChI=1S/C20H19N5O3/c26-18-8-5-14(11-21-18)20(28)22-15-6-3-13(4-7-15)19(27)23-17-10-16(24-25-17)9-12-1-2-12/h3-8,10-12H,1-2,9H2,(H,21,26)(H,22,28)(H2,23,24,25,27). The third-order valence-electron chi connectivity index (χ3n) is 4.53. The molecule has 1 aromatic carbocycles. The first-order chi connectivity index (χ1) is 13.6. The summed E-state index contributed by atoms with van der Waals surface area (Å²) >= 11 is 0. The van der Waals surface area contributed by atoms with E-state index in [-0.39, 0.29) is 17.4 Å². The number of H-pyrrole nitrogens is 2. The Bertz CT molecular complexity index is 1040. The van der Waals surface area contributed by atoms with Crippen LogP contribution in [0.4, 0.5) is 11.5 Å². The molecule has 2 aromatic heterocycles. The number of aromatic amines is 2. The Balaban J connectivity index is 1.36. The van der Waals surface area contributed by atoms with Gasteiger partial charge >= 0.3 is 0 Å². The first-order valence-electron chi connectivity index (χ1n) is 9.02. The number of benzene rings is 1. The van der Waals surface area contributed by atoms with E-state index in [1.807, 2.05) is 6.07 Å². The van der Waals surface area contributed by atoms with E-state index in [9.17, 15) is 14.4 Å². The van der Waals surface area contributed by atoms with E-state index in [0.29, 0.717) is 22.6 Å². The molecule has 1 aliphatic carbocycles. The van der Waals surface area contributed by atoms with Crippen LogP contribution in [-0.4, -0.2) is 27.0 Å². The van der Waals surface area contributed by atoms with Crippen LogP contribution in [0.15, 0.2) is 53.5 Å². The number of nitrogens with zero attached hydrogens (tertiary/aromatic N) is 1. The minimum absolute atomic E-state index is 0.275. The van der Waals surface area contributed by atoms with E-state index >= 15 is 0 Å². The molecule has 142 valence electrons. The molecule has 0 unspecified atom stereocenters. The molecular weight excluding hydrogens is 358 g/mol. The monoisotopic (exact) mass is 377 g/mol. The number of amides is 2. The van der Waals surface area contributed by atoms with E-state index < -0.39 is 0 Å². The van der Waals surface area contributed by atoms with Crippen molar-refractivity contribution in [3.8, 4) is 0 Å². The Labute approximate surface area is 160 Å². The smallest absolute Gasteiger partial charge is 0.257 e. The second-order valence-electron chi connectivity index (χ2n) is 6.85. The van der Waals surface area contributed by atoms with Crippen molar-refractivity contribution in [3.05, 3.63) is 75.8 Å². The summed E-state index contributed by atoms with van der Waals surface area (Å²) in [4.78, 5) is 38.0. The summed E-state index contributed by atoms with van der Waals surface area (Å²) in [7, 11) is 0. The SMILES string of the molecule is O=C(Nc1ccc(C(=O)Nc2cc(CC3CC3)[nH]n2)cc1)c1ccc(=O)[nH]c1. The summed E-state index contributed by atoms with van der Waals surface area (Å²) in [6, 6.07) is 11.1. The van der Waals surface area contributed by atoms with Crippen molar-refractivity contribution >= 4 is 23.3 Å². The quantitative estimate of drug-likeness (QED) is 0.528. The summed E-state index contributed by atoms with van der Waals surface area (Å²) in [5, 5.41) is 12.5. The minimum Gasteiger partial charge on any atom is -0.328 e. The molecule has 0 atom stereocenters. The van der Waals surface area contributed by atoms with Gasteiger partial charge in [0.2, 0.25) is 5.56 Å². The molecule has 1 aliphatic rings. The van der Waals surface area contributed by atoms with Gasteiger partial charge in [-0.05, 0) is 55.5 Å². The fraction of sp³-hybridized carbons (Fsp3) is 0.200. The van der Waals surface area contributed by atoms with Crippen LogP contribution in [0.25, 0.3) is 0 Å². The number of nitrogens with one attached hydrogen (secondary N) is 4. The van der Waals surface area contributed by atoms with Crippen LogP contribution in [0.5, 0.6) is 0 Å². The van der Waals surface area contributed by atoms with Crippen molar-refractivity contribution in [1.29, 1.82) is 0 Å². The van der Waals surface area contributed by atoms with Gasteiger partial charge in [0, 0.05) is 35.3 Å². The Kier molecular flexibility index (Phi) is 4.76. The predicted molar refractivity (Wildman–Crippen MR) is 104 cm³/mol. The highest BCUT2D eigenvalue weighted by molar-refractivity contribution is 6.06. The molecule has 0 radical (unpaired) electrons. The van der Waals surface area contributed by atoms with Crippen molar-refractivity contribution in [2.75, 3.05) is 10.6 Å². The molecule has 8 nitrogen and oxygen atoms in total. The number of rotatable bonds is 6. The van der Waals surface area contributed by atoms with Crippen LogP contribution < -0.4 is 16.2 Å². The maximum atomic E-state index is 12.4. The molecule has 2 heterocycles. The highest BCUT2D eigenvalue weighted by Gasteiger charge is 2.22. The topological polar surface area (TPSA) is 120 Å². The molecule has 28 heavy (non-hydrogen) atoms. The molecule has 0 bridgehead atoms. The molecule has 8 heteroatoms. The van der Waals surface area contributed by atoms with Gasteiger partial charge < -0.3 is 15.6 Å². The van der Waals surface area contributed by atoms with E-state index in [1.165, 1.54) is 31.2 Å². The third-order valence-corrected chi connectivity index (χ3v) is 4.53. The summed E-state index contributed by atoms with van der Waals surface area (Å²) in [6.07, 6.45) is 4.82. The maximum absolute atomic E-state index is 12.4. The second kappa shape index (κ2) is 7.51. The van der Waals surface area contributed by atoms with Crippen LogP contribution in [0.1, 0.15) is 39.3 Å². The highest BCUT2D eigenvalue weighted by Crippen LogP contribution is 2.32. The molecule has 1 saturated carbocycles. The Morgan fingerprint density at radius 1 is 1.00 bits per heavy atom. The van der Waals surface area contributed by atoms with Crippen LogP contribution in [-0.2, 0) is 6.42 Å². The first kappa shape index (κ1) is 17.7. The van der Waals surface area contributed by atoms with Crippen LogP contribution in [0.3, 0.4) is 0 Å². The van der Waals surface area contributed by atoms with Gasteiger partial charge in [0.15, 0.2) is 5.82 Å². The van der Waals surface area contributed by atoms with Crippen molar-refractivity contribution in [3.63, 3.8) is 0 Å². The van der Waals surface area contributed by atoms with Gasteiger partial charge in [-0.15, -0.1) is 0 Å². The lowest BCUT2D eigenvalue weighted by Crippen LogP contribution is -2.15. The lowest BCUT2D eigenvalue weighted by atomic mass is 10.2. The van der Waals surface area contributed by atoms with E-state index in [0.717, 1.165) is 18.0 Å². The number of pyridine rings is 1. The Morgan fingerprint density at radius 2 is 1.71 bits per heavy atom. The van der Waals surface area contributed by atoms with Crippen molar-refractivity contribution in [2.45, 2.75) is 19.3 Å². The van der Waals surface area contributed by atoms with Gasteiger partial charge in [0.1, 0.15) is 0 Å². The molecule has 0 aliphatic heterocycles. The van der Waals surface area contributed by atoms with Crippen LogP contribution in [0.2, 0.25) is 0 Å². The molecule has 3 aromatic rings. The average Bonchev–Trinajstić information content (AvgIpc) is 3.40.